The van der Waals surface area contributed by atoms with E-state index < -0.39 is 5.97 Å². The van der Waals surface area contributed by atoms with Gasteiger partial charge < -0.3 is 10.4 Å². The Morgan fingerprint density at radius 3 is 2.67 bits per heavy atom. The highest BCUT2D eigenvalue weighted by Crippen LogP contribution is 2.44. The number of carbonyl (C=O) groups is 1. The molecule has 3 atom stereocenters. The molecule has 0 saturated heterocycles. The zero-order chi connectivity index (χ0) is 13.8. The molecular formula is C14H27NO2S. The molecule has 0 aromatic rings. The first-order valence-corrected chi connectivity index (χ1v) is 8.10. The van der Waals surface area contributed by atoms with Gasteiger partial charge in [0.2, 0.25) is 0 Å². The molecule has 4 heteroatoms. The Kier molecular flexibility index (Phi) is 5.99. The largest absolute Gasteiger partial charge is 0.481 e. The summed E-state index contributed by atoms with van der Waals surface area (Å²) in [4.78, 5) is 11.3. The average Bonchev–Trinajstić information content (AvgIpc) is 2.29. The normalized spacial score (nSPS) is 31.2. The molecule has 0 heterocycles. The summed E-state index contributed by atoms with van der Waals surface area (Å²) >= 11 is 1.95. The second-order valence-corrected chi connectivity index (χ2v) is 7.23. The van der Waals surface area contributed by atoms with Gasteiger partial charge in [0.1, 0.15) is 0 Å². The summed E-state index contributed by atoms with van der Waals surface area (Å²) in [6.45, 7) is 9.60. The molecule has 3 nitrogen and oxygen atoms in total. The zero-order valence-electron chi connectivity index (χ0n) is 12.0. The highest BCUT2D eigenvalue weighted by Gasteiger charge is 2.45. The van der Waals surface area contributed by atoms with Crippen LogP contribution < -0.4 is 5.32 Å². The summed E-state index contributed by atoms with van der Waals surface area (Å²) in [6, 6.07) is 0.466. The Balaban J connectivity index is 2.52. The van der Waals surface area contributed by atoms with Crippen molar-refractivity contribution in [1.29, 1.82) is 0 Å². The maximum Gasteiger partial charge on any atom is 0.307 e. The molecule has 0 spiro atoms. The number of thioether (sulfide) groups is 1. The topological polar surface area (TPSA) is 49.3 Å². The second-order valence-electron chi connectivity index (χ2n) is 5.84. The first kappa shape index (κ1) is 15.8. The standard InChI is InChI=1S/C14H27NO2S/c1-5-18-9-8-15-12-7-6-11(13(16)17)14(3,4)10(12)2/h10-12,15H,5-9H2,1-4H3,(H,16,17). The monoisotopic (exact) mass is 273 g/mol. The number of hydrogen-bond acceptors (Lipinski definition) is 3. The lowest BCUT2D eigenvalue weighted by atomic mass is 9.61. The first-order chi connectivity index (χ1) is 8.41. The van der Waals surface area contributed by atoms with Crippen molar-refractivity contribution in [2.45, 2.75) is 46.6 Å². The molecule has 1 aliphatic rings. The Morgan fingerprint density at radius 2 is 2.11 bits per heavy atom. The summed E-state index contributed by atoms with van der Waals surface area (Å²) < 4.78 is 0. The SMILES string of the molecule is CCSCCNC1CCC(C(=O)O)C(C)(C)C1C. The predicted octanol–water partition coefficient (Wildman–Crippen LogP) is 2.85. The van der Waals surface area contributed by atoms with Crippen LogP contribution in [0, 0.1) is 17.3 Å². The molecule has 3 unspecified atom stereocenters. The molecule has 1 rings (SSSR count). The molecule has 1 fully saturated rings. The van der Waals surface area contributed by atoms with E-state index in [1.807, 2.05) is 11.8 Å². The quantitative estimate of drug-likeness (QED) is 0.731. The molecule has 2 N–H and O–H groups in total. The molecule has 0 bridgehead atoms. The van der Waals surface area contributed by atoms with Crippen LogP contribution >= 0.6 is 11.8 Å². The van der Waals surface area contributed by atoms with Gasteiger partial charge in [0, 0.05) is 18.3 Å². The van der Waals surface area contributed by atoms with Gasteiger partial charge in [-0.25, -0.2) is 0 Å². The number of carboxylic acids is 1. The Bertz CT molecular complexity index is 281. The minimum Gasteiger partial charge on any atom is -0.481 e. The summed E-state index contributed by atoms with van der Waals surface area (Å²) in [5.41, 5.74) is -0.125. The maximum atomic E-state index is 11.3. The summed E-state index contributed by atoms with van der Waals surface area (Å²) in [7, 11) is 0. The van der Waals surface area contributed by atoms with Crippen LogP contribution in [0.3, 0.4) is 0 Å². The van der Waals surface area contributed by atoms with Crippen LogP contribution in [0.4, 0.5) is 0 Å². The van der Waals surface area contributed by atoms with E-state index in [1.165, 1.54) is 0 Å². The molecule has 1 saturated carbocycles. The molecule has 18 heavy (non-hydrogen) atoms. The van der Waals surface area contributed by atoms with Crippen molar-refractivity contribution in [3.05, 3.63) is 0 Å². The Hall–Kier alpha value is -0.220. The fourth-order valence-corrected chi connectivity index (χ4v) is 3.54. The molecule has 0 aliphatic heterocycles. The minimum atomic E-state index is -0.633. The molecular weight excluding hydrogens is 246 g/mol. The van der Waals surface area contributed by atoms with Crippen molar-refractivity contribution < 1.29 is 9.90 Å². The van der Waals surface area contributed by atoms with Gasteiger partial charge in [-0.15, -0.1) is 0 Å². The highest BCUT2D eigenvalue weighted by atomic mass is 32.2. The third-order valence-electron chi connectivity index (χ3n) is 4.60. The number of aliphatic carboxylic acids is 1. The molecule has 0 radical (unpaired) electrons. The van der Waals surface area contributed by atoms with E-state index in [0.717, 1.165) is 30.9 Å². The Labute approximate surface area is 115 Å². The lowest BCUT2D eigenvalue weighted by Crippen LogP contribution is -2.51. The van der Waals surface area contributed by atoms with Crippen LogP contribution in [0.2, 0.25) is 0 Å². The summed E-state index contributed by atoms with van der Waals surface area (Å²) in [5, 5.41) is 12.9. The van der Waals surface area contributed by atoms with Gasteiger partial charge in [-0.3, -0.25) is 4.79 Å². The van der Waals surface area contributed by atoms with Crippen molar-refractivity contribution in [3.8, 4) is 0 Å². The van der Waals surface area contributed by atoms with Crippen molar-refractivity contribution in [1.82, 2.24) is 5.32 Å². The average molecular weight is 273 g/mol. The van der Waals surface area contributed by atoms with Crippen molar-refractivity contribution >= 4 is 17.7 Å². The number of hydrogen-bond donors (Lipinski definition) is 2. The van der Waals surface area contributed by atoms with Crippen LogP contribution in [0.25, 0.3) is 0 Å². The molecule has 106 valence electrons. The number of rotatable bonds is 6. The summed E-state index contributed by atoms with van der Waals surface area (Å²) in [6.07, 6.45) is 1.78. The van der Waals surface area contributed by atoms with E-state index in [0.29, 0.717) is 12.0 Å². The third-order valence-corrected chi connectivity index (χ3v) is 5.50. The molecule has 0 amide bonds. The fraction of sp³-hybridized carbons (Fsp3) is 0.929. The lowest BCUT2D eigenvalue weighted by Gasteiger charge is -2.46. The maximum absolute atomic E-state index is 11.3. The van der Waals surface area contributed by atoms with E-state index >= 15 is 0 Å². The fourth-order valence-electron chi connectivity index (χ4n) is 2.99. The van der Waals surface area contributed by atoms with E-state index in [9.17, 15) is 9.90 Å². The molecule has 1 aliphatic carbocycles. The number of carboxylic acid groups (broad SMARTS) is 1. The van der Waals surface area contributed by atoms with E-state index in [2.05, 4.69) is 33.0 Å². The lowest BCUT2D eigenvalue weighted by molar-refractivity contribution is -0.150. The van der Waals surface area contributed by atoms with Gasteiger partial charge in [0.05, 0.1) is 5.92 Å². The van der Waals surface area contributed by atoms with Gasteiger partial charge in [-0.1, -0.05) is 27.7 Å². The smallest absolute Gasteiger partial charge is 0.307 e. The van der Waals surface area contributed by atoms with Crippen LogP contribution in [-0.2, 0) is 4.79 Å². The van der Waals surface area contributed by atoms with Crippen LogP contribution in [0.15, 0.2) is 0 Å². The first-order valence-electron chi connectivity index (χ1n) is 6.95. The van der Waals surface area contributed by atoms with Crippen LogP contribution in [-0.4, -0.2) is 35.2 Å². The second kappa shape index (κ2) is 6.80. The van der Waals surface area contributed by atoms with Crippen LogP contribution in [0.1, 0.15) is 40.5 Å². The van der Waals surface area contributed by atoms with Crippen molar-refractivity contribution in [2.24, 2.45) is 17.3 Å². The molecule has 0 aromatic heterocycles. The Morgan fingerprint density at radius 1 is 1.44 bits per heavy atom. The predicted molar refractivity (Wildman–Crippen MR) is 78.1 cm³/mol. The zero-order valence-corrected chi connectivity index (χ0v) is 12.8. The highest BCUT2D eigenvalue weighted by molar-refractivity contribution is 7.99. The van der Waals surface area contributed by atoms with Crippen molar-refractivity contribution in [3.63, 3.8) is 0 Å². The van der Waals surface area contributed by atoms with Crippen molar-refractivity contribution in [2.75, 3.05) is 18.1 Å². The third kappa shape index (κ3) is 3.64. The van der Waals surface area contributed by atoms with E-state index in [1.54, 1.807) is 0 Å². The van der Waals surface area contributed by atoms with Crippen LogP contribution in [0.5, 0.6) is 0 Å². The van der Waals surface area contributed by atoms with E-state index in [4.69, 9.17) is 0 Å². The van der Waals surface area contributed by atoms with Gasteiger partial charge in [0.15, 0.2) is 0 Å². The molecule has 0 aromatic carbocycles. The summed E-state index contributed by atoms with van der Waals surface area (Å²) in [5.74, 6) is 1.87. The van der Waals surface area contributed by atoms with Gasteiger partial charge in [0.25, 0.3) is 0 Å². The van der Waals surface area contributed by atoms with Gasteiger partial charge >= 0.3 is 5.97 Å². The number of nitrogens with one attached hydrogen (secondary N) is 1. The van der Waals surface area contributed by atoms with Gasteiger partial charge in [-0.2, -0.15) is 11.8 Å². The van der Waals surface area contributed by atoms with Gasteiger partial charge in [-0.05, 0) is 29.9 Å². The minimum absolute atomic E-state index is 0.125. The van der Waals surface area contributed by atoms with E-state index in [-0.39, 0.29) is 11.3 Å².